The van der Waals surface area contributed by atoms with Gasteiger partial charge in [-0.05, 0) is 28.1 Å². The number of para-hydroxylation sites is 1. The molecule has 92 valence electrons. The van der Waals surface area contributed by atoms with E-state index in [1.165, 1.54) is 7.11 Å². The second-order valence-electron chi connectivity index (χ2n) is 3.38. The molecule has 0 bridgehead atoms. The van der Waals surface area contributed by atoms with Crippen LogP contribution in [0.25, 0.3) is 0 Å². The molecule has 0 aliphatic heterocycles. The van der Waals surface area contributed by atoms with Crippen LogP contribution < -0.4 is 10.1 Å². The zero-order valence-electron chi connectivity index (χ0n) is 9.55. The van der Waals surface area contributed by atoms with E-state index in [1.54, 1.807) is 36.7 Å². The molecule has 0 unspecified atom stereocenters. The molecule has 18 heavy (non-hydrogen) atoms. The van der Waals surface area contributed by atoms with E-state index in [-0.39, 0.29) is 11.9 Å². The van der Waals surface area contributed by atoms with Crippen molar-refractivity contribution < 1.29 is 9.53 Å². The number of carbonyl (C=O) groups excluding carboxylic acids is 1. The minimum atomic E-state index is -0.310. The molecule has 1 heterocycles. The summed E-state index contributed by atoms with van der Waals surface area (Å²) < 4.78 is 5.86. The van der Waals surface area contributed by atoms with Crippen LogP contribution in [-0.2, 0) is 0 Å². The molecule has 0 radical (unpaired) electrons. The highest BCUT2D eigenvalue weighted by atomic mass is 79.9. The highest BCUT2D eigenvalue weighted by Crippen LogP contribution is 2.18. The normalized spacial score (nSPS) is 9.89. The Morgan fingerprint density at radius 2 is 1.94 bits per heavy atom. The summed E-state index contributed by atoms with van der Waals surface area (Å²) >= 11 is 3.22. The number of benzene rings is 1. The number of anilines is 1. The van der Waals surface area contributed by atoms with E-state index in [1.807, 2.05) is 0 Å². The minimum Gasteiger partial charge on any atom is -0.496 e. The molecule has 0 fully saturated rings. The number of nitrogens with one attached hydrogen (secondary N) is 1. The fourth-order valence-corrected chi connectivity index (χ4v) is 1.58. The first kappa shape index (κ1) is 12.5. The second kappa shape index (κ2) is 5.59. The molecular weight excluding hydrogens is 298 g/mol. The summed E-state index contributed by atoms with van der Waals surface area (Å²) in [4.78, 5) is 19.9. The quantitative estimate of drug-likeness (QED) is 0.946. The van der Waals surface area contributed by atoms with Gasteiger partial charge in [0, 0.05) is 12.4 Å². The maximum absolute atomic E-state index is 12.0. The second-order valence-corrected chi connectivity index (χ2v) is 4.29. The van der Waals surface area contributed by atoms with Crippen LogP contribution in [0.5, 0.6) is 5.75 Å². The van der Waals surface area contributed by atoms with Gasteiger partial charge in [0.2, 0.25) is 5.95 Å². The molecule has 1 aromatic heterocycles. The van der Waals surface area contributed by atoms with Gasteiger partial charge < -0.3 is 4.74 Å². The summed E-state index contributed by atoms with van der Waals surface area (Å²) in [6, 6.07) is 6.95. The Balaban J connectivity index is 2.19. The molecule has 0 saturated heterocycles. The fourth-order valence-electron chi connectivity index (χ4n) is 1.38. The Labute approximate surface area is 112 Å². The number of aromatic nitrogens is 2. The standard InChI is InChI=1S/C12H10BrN3O2/c1-18-10-5-3-2-4-9(10)11(17)16-12-14-6-8(13)7-15-12/h2-7H,1H3,(H,14,15,16,17). The van der Waals surface area contributed by atoms with Gasteiger partial charge in [-0.25, -0.2) is 9.97 Å². The molecule has 1 amide bonds. The first-order chi connectivity index (χ1) is 8.70. The summed E-state index contributed by atoms with van der Waals surface area (Å²) in [5.74, 6) is 0.441. The Hall–Kier alpha value is -1.95. The average molecular weight is 308 g/mol. The molecule has 1 aromatic carbocycles. The number of nitrogens with zero attached hydrogens (tertiary/aromatic N) is 2. The third kappa shape index (κ3) is 2.84. The van der Waals surface area contributed by atoms with E-state index < -0.39 is 0 Å². The number of carbonyl (C=O) groups is 1. The van der Waals surface area contributed by atoms with Crippen LogP contribution in [-0.4, -0.2) is 23.0 Å². The van der Waals surface area contributed by atoms with E-state index in [9.17, 15) is 4.79 Å². The van der Waals surface area contributed by atoms with Crippen molar-refractivity contribution >= 4 is 27.8 Å². The fraction of sp³-hybridized carbons (Fsp3) is 0.0833. The van der Waals surface area contributed by atoms with E-state index in [0.717, 1.165) is 4.47 Å². The van der Waals surface area contributed by atoms with Gasteiger partial charge in [0.15, 0.2) is 0 Å². The molecule has 2 rings (SSSR count). The van der Waals surface area contributed by atoms with Crippen LogP contribution >= 0.6 is 15.9 Å². The van der Waals surface area contributed by atoms with Gasteiger partial charge in [-0.2, -0.15) is 0 Å². The van der Waals surface area contributed by atoms with Crippen LogP contribution in [0.2, 0.25) is 0 Å². The molecule has 0 saturated carbocycles. The van der Waals surface area contributed by atoms with E-state index in [4.69, 9.17) is 4.74 Å². The van der Waals surface area contributed by atoms with E-state index in [2.05, 4.69) is 31.2 Å². The van der Waals surface area contributed by atoms with Crippen molar-refractivity contribution in [2.24, 2.45) is 0 Å². The van der Waals surface area contributed by atoms with Crippen molar-refractivity contribution in [2.45, 2.75) is 0 Å². The van der Waals surface area contributed by atoms with Crippen LogP contribution in [0, 0.1) is 0 Å². The van der Waals surface area contributed by atoms with Crippen molar-refractivity contribution in [1.82, 2.24) is 9.97 Å². The van der Waals surface area contributed by atoms with Crippen molar-refractivity contribution in [3.63, 3.8) is 0 Å². The van der Waals surface area contributed by atoms with Crippen LogP contribution in [0.15, 0.2) is 41.1 Å². The monoisotopic (exact) mass is 307 g/mol. The average Bonchev–Trinajstić information content (AvgIpc) is 2.41. The highest BCUT2D eigenvalue weighted by molar-refractivity contribution is 9.10. The van der Waals surface area contributed by atoms with Gasteiger partial charge in [-0.1, -0.05) is 12.1 Å². The Morgan fingerprint density at radius 3 is 2.61 bits per heavy atom. The summed E-state index contributed by atoms with van der Waals surface area (Å²) in [6.45, 7) is 0. The smallest absolute Gasteiger partial charge is 0.261 e. The molecule has 0 atom stereocenters. The van der Waals surface area contributed by atoms with Gasteiger partial charge in [0.1, 0.15) is 5.75 Å². The summed E-state index contributed by atoms with van der Waals surface area (Å²) in [5, 5.41) is 2.60. The van der Waals surface area contributed by atoms with Crippen LogP contribution in [0.1, 0.15) is 10.4 Å². The zero-order chi connectivity index (χ0) is 13.0. The molecule has 5 nitrogen and oxygen atoms in total. The predicted octanol–water partition coefficient (Wildman–Crippen LogP) is 2.50. The summed E-state index contributed by atoms with van der Waals surface area (Å²) in [5.41, 5.74) is 0.437. The maximum Gasteiger partial charge on any atom is 0.261 e. The number of methoxy groups -OCH3 is 1. The Bertz CT molecular complexity index is 558. The summed E-state index contributed by atoms with van der Waals surface area (Å²) in [7, 11) is 1.52. The van der Waals surface area contributed by atoms with Gasteiger partial charge in [0.05, 0.1) is 17.1 Å². The number of amides is 1. The molecule has 6 heteroatoms. The number of hydrogen-bond acceptors (Lipinski definition) is 4. The highest BCUT2D eigenvalue weighted by Gasteiger charge is 2.12. The third-order valence-electron chi connectivity index (χ3n) is 2.20. The predicted molar refractivity (Wildman–Crippen MR) is 70.7 cm³/mol. The molecule has 0 aliphatic carbocycles. The van der Waals surface area contributed by atoms with Crippen molar-refractivity contribution in [2.75, 3.05) is 12.4 Å². The van der Waals surface area contributed by atoms with Crippen molar-refractivity contribution in [1.29, 1.82) is 0 Å². The minimum absolute atomic E-state index is 0.245. The summed E-state index contributed by atoms with van der Waals surface area (Å²) in [6.07, 6.45) is 3.12. The molecule has 0 spiro atoms. The lowest BCUT2D eigenvalue weighted by atomic mass is 10.2. The number of halogens is 1. The lowest BCUT2D eigenvalue weighted by molar-refractivity contribution is 0.102. The third-order valence-corrected chi connectivity index (χ3v) is 2.61. The number of rotatable bonds is 3. The Morgan fingerprint density at radius 1 is 1.28 bits per heavy atom. The maximum atomic E-state index is 12.0. The topological polar surface area (TPSA) is 64.1 Å². The Kier molecular flexibility index (Phi) is 3.88. The lowest BCUT2D eigenvalue weighted by Gasteiger charge is -2.07. The van der Waals surface area contributed by atoms with E-state index in [0.29, 0.717) is 11.3 Å². The van der Waals surface area contributed by atoms with Crippen LogP contribution in [0.4, 0.5) is 5.95 Å². The van der Waals surface area contributed by atoms with Gasteiger partial charge in [-0.15, -0.1) is 0 Å². The van der Waals surface area contributed by atoms with Crippen molar-refractivity contribution in [3.05, 3.63) is 46.7 Å². The molecule has 0 aliphatic rings. The van der Waals surface area contributed by atoms with E-state index >= 15 is 0 Å². The zero-order valence-corrected chi connectivity index (χ0v) is 11.1. The van der Waals surface area contributed by atoms with Crippen molar-refractivity contribution in [3.8, 4) is 5.75 Å². The van der Waals surface area contributed by atoms with Crippen LogP contribution in [0.3, 0.4) is 0 Å². The molecule has 1 N–H and O–H groups in total. The molecule has 2 aromatic rings. The largest absolute Gasteiger partial charge is 0.496 e. The number of hydrogen-bond donors (Lipinski definition) is 1. The van der Waals surface area contributed by atoms with Gasteiger partial charge in [0.25, 0.3) is 5.91 Å². The first-order valence-corrected chi connectivity index (χ1v) is 5.92. The van der Waals surface area contributed by atoms with Gasteiger partial charge >= 0.3 is 0 Å². The van der Waals surface area contributed by atoms with Gasteiger partial charge in [-0.3, -0.25) is 10.1 Å². The molecular formula is C12H10BrN3O2. The SMILES string of the molecule is COc1ccccc1C(=O)Nc1ncc(Br)cn1. The first-order valence-electron chi connectivity index (χ1n) is 5.12. The lowest BCUT2D eigenvalue weighted by Crippen LogP contribution is -2.15. The number of ether oxygens (including phenoxy) is 1.